The summed E-state index contributed by atoms with van der Waals surface area (Å²) in [5.41, 5.74) is 2.30. The van der Waals surface area contributed by atoms with Crippen LogP contribution in [-0.2, 0) is 11.3 Å². The van der Waals surface area contributed by atoms with Gasteiger partial charge in [-0.25, -0.2) is 0 Å². The number of nitrogens with one attached hydrogen (secondary N) is 2. The van der Waals surface area contributed by atoms with Crippen LogP contribution in [0.25, 0.3) is 0 Å². The zero-order valence-electron chi connectivity index (χ0n) is 12.8. The minimum absolute atomic E-state index is 0.0333. The van der Waals surface area contributed by atoms with E-state index in [1.807, 2.05) is 19.1 Å². The van der Waals surface area contributed by atoms with Crippen molar-refractivity contribution in [3.8, 4) is 0 Å². The highest BCUT2D eigenvalue weighted by Crippen LogP contribution is 2.18. The van der Waals surface area contributed by atoms with E-state index in [0.29, 0.717) is 11.1 Å². The van der Waals surface area contributed by atoms with E-state index < -0.39 is 12.1 Å². The summed E-state index contributed by atoms with van der Waals surface area (Å²) in [6, 6.07) is 12.8. The van der Waals surface area contributed by atoms with Crippen LogP contribution in [0.4, 0.5) is 18.9 Å². The van der Waals surface area contributed by atoms with Crippen LogP contribution in [0.2, 0.25) is 0 Å². The molecule has 0 atom stereocenters. The second kappa shape index (κ2) is 7.16. The number of carbonyl (C=O) groups excluding carboxylic acids is 2. The average molecular weight is 336 g/mol. The van der Waals surface area contributed by atoms with Gasteiger partial charge >= 0.3 is 12.1 Å². The molecule has 7 heteroatoms. The summed E-state index contributed by atoms with van der Waals surface area (Å²) < 4.78 is 36.5. The van der Waals surface area contributed by atoms with Gasteiger partial charge in [0.1, 0.15) is 0 Å². The summed E-state index contributed by atoms with van der Waals surface area (Å²) in [5.74, 6) is -2.27. The van der Waals surface area contributed by atoms with Gasteiger partial charge in [-0.2, -0.15) is 13.2 Å². The highest BCUT2D eigenvalue weighted by atomic mass is 19.4. The fourth-order valence-electron chi connectivity index (χ4n) is 1.90. The van der Waals surface area contributed by atoms with Gasteiger partial charge in [-0.3, -0.25) is 9.59 Å². The van der Waals surface area contributed by atoms with E-state index in [9.17, 15) is 22.8 Å². The number of aryl methyl sites for hydroxylation is 1. The van der Waals surface area contributed by atoms with E-state index in [4.69, 9.17) is 0 Å². The monoisotopic (exact) mass is 336 g/mol. The van der Waals surface area contributed by atoms with Crippen molar-refractivity contribution in [3.05, 3.63) is 65.2 Å². The highest BCUT2D eigenvalue weighted by Gasteiger charge is 2.38. The molecule has 0 unspecified atom stereocenters. The second-order valence-electron chi connectivity index (χ2n) is 5.20. The van der Waals surface area contributed by atoms with Crippen LogP contribution in [-0.4, -0.2) is 18.0 Å². The predicted molar refractivity (Wildman–Crippen MR) is 83.5 cm³/mol. The van der Waals surface area contributed by atoms with Gasteiger partial charge < -0.3 is 10.6 Å². The Morgan fingerprint density at radius 3 is 2.08 bits per heavy atom. The van der Waals surface area contributed by atoms with Gasteiger partial charge in [0.25, 0.3) is 5.91 Å². The maximum atomic E-state index is 12.2. The molecule has 0 aliphatic carbocycles. The van der Waals surface area contributed by atoms with Gasteiger partial charge in [0, 0.05) is 17.8 Å². The zero-order chi connectivity index (χ0) is 17.7. The topological polar surface area (TPSA) is 58.2 Å². The van der Waals surface area contributed by atoms with Gasteiger partial charge in [-0.15, -0.1) is 0 Å². The first-order valence-corrected chi connectivity index (χ1v) is 7.08. The Kier molecular flexibility index (Phi) is 5.23. The lowest BCUT2D eigenvalue weighted by atomic mass is 10.1. The molecule has 0 spiro atoms. The number of carbonyl (C=O) groups is 2. The lowest BCUT2D eigenvalue weighted by Crippen LogP contribution is -2.29. The molecule has 126 valence electrons. The smallest absolute Gasteiger partial charge is 0.348 e. The largest absolute Gasteiger partial charge is 0.471 e. The fraction of sp³-hybridized carbons (Fsp3) is 0.176. The first-order valence-electron chi connectivity index (χ1n) is 7.08. The summed E-state index contributed by atoms with van der Waals surface area (Å²) >= 11 is 0. The lowest BCUT2D eigenvalue weighted by molar-refractivity contribution is -0.167. The van der Waals surface area contributed by atoms with Crippen LogP contribution in [0.15, 0.2) is 48.5 Å². The normalized spacial score (nSPS) is 11.0. The fourth-order valence-corrected chi connectivity index (χ4v) is 1.90. The maximum Gasteiger partial charge on any atom is 0.471 e. The Morgan fingerprint density at radius 2 is 1.54 bits per heavy atom. The summed E-state index contributed by atoms with van der Waals surface area (Å²) in [5, 5.41) is 4.47. The van der Waals surface area contributed by atoms with Gasteiger partial charge in [0.05, 0.1) is 0 Å². The number of alkyl halides is 3. The van der Waals surface area contributed by atoms with Crippen molar-refractivity contribution in [2.75, 3.05) is 5.32 Å². The molecular weight excluding hydrogens is 321 g/mol. The van der Waals surface area contributed by atoms with E-state index in [-0.39, 0.29) is 18.1 Å². The summed E-state index contributed by atoms with van der Waals surface area (Å²) in [7, 11) is 0. The van der Waals surface area contributed by atoms with Gasteiger partial charge in [-0.1, -0.05) is 29.8 Å². The molecule has 0 aromatic heterocycles. The first kappa shape index (κ1) is 17.5. The molecule has 0 heterocycles. The molecule has 2 aromatic carbocycles. The minimum Gasteiger partial charge on any atom is -0.348 e. The molecule has 2 aromatic rings. The molecule has 4 nitrogen and oxygen atoms in total. The second-order valence-corrected chi connectivity index (χ2v) is 5.20. The molecule has 0 aliphatic heterocycles. The molecule has 24 heavy (non-hydrogen) atoms. The van der Waals surface area contributed by atoms with Crippen molar-refractivity contribution in [1.29, 1.82) is 0 Å². The number of benzene rings is 2. The number of anilines is 1. The Hall–Kier alpha value is -2.83. The lowest BCUT2D eigenvalue weighted by Gasteiger charge is -2.09. The van der Waals surface area contributed by atoms with Gasteiger partial charge in [-0.05, 0) is 36.8 Å². The summed E-state index contributed by atoms with van der Waals surface area (Å²) in [6.07, 6.45) is -4.93. The summed E-state index contributed by atoms with van der Waals surface area (Å²) in [6.45, 7) is 2.14. The van der Waals surface area contributed by atoms with Crippen LogP contribution >= 0.6 is 0 Å². The maximum absolute atomic E-state index is 12.2. The Labute approximate surface area is 136 Å². The van der Waals surface area contributed by atoms with Crippen molar-refractivity contribution >= 4 is 17.5 Å². The van der Waals surface area contributed by atoms with E-state index in [2.05, 4.69) is 5.32 Å². The Morgan fingerprint density at radius 1 is 0.958 bits per heavy atom. The van der Waals surface area contributed by atoms with E-state index in [1.54, 1.807) is 17.4 Å². The highest BCUT2D eigenvalue weighted by molar-refractivity contribution is 5.95. The van der Waals surface area contributed by atoms with E-state index in [0.717, 1.165) is 5.56 Å². The zero-order valence-corrected chi connectivity index (χ0v) is 12.8. The minimum atomic E-state index is -4.93. The van der Waals surface area contributed by atoms with Crippen molar-refractivity contribution in [3.63, 3.8) is 0 Å². The predicted octanol–water partition coefficient (Wildman–Crippen LogP) is 3.43. The van der Waals surface area contributed by atoms with Crippen molar-refractivity contribution in [2.24, 2.45) is 0 Å². The van der Waals surface area contributed by atoms with E-state index >= 15 is 0 Å². The van der Waals surface area contributed by atoms with Crippen molar-refractivity contribution < 1.29 is 22.8 Å². The third kappa shape index (κ3) is 4.84. The van der Waals surface area contributed by atoms with E-state index in [1.165, 1.54) is 24.3 Å². The molecule has 2 amide bonds. The molecule has 0 saturated heterocycles. The molecule has 0 radical (unpaired) electrons. The summed E-state index contributed by atoms with van der Waals surface area (Å²) in [4.78, 5) is 22.8. The standard InChI is InChI=1S/C17H15F3N2O2/c1-11-2-6-13(7-3-11)15(23)21-10-12-4-8-14(9-5-12)22-16(24)17(18,19)20/h2-9H,10H2,1H3,(H,21,23)(H,22,24). The number of halogens is 3. The first-order chi connectivity index (χ1) is 11.3. The number of hydrogen-bond acceptors (Lipinski definition) is 2. The van der Waals surface area contributed by atoms with Crippen LogP contribution in [0.5, 0.6) is 0 Å². The number of rotatable bonds is 4. The number of amides is 2. The third-order valence-electron chi connectivity index (χ3n) is 3.24. The molecule has 0 bridgehead atoms. The third-order valence-corrected chi connectivity index (χ3v) is 3.24. The van der Waals surface area contributed by atoms with Crippen molar-refractivity contribution in [2.45, 2.75) is 19.6 Å². The molecule has 0 aliphatic rings. The Bertz CT molecular complexity index is 723. The van der Waals surface area contributed by atoms with Gasteiger partial charge in [0.2, 0.25) is 0 Å². The van der Waals surface area contributed by atoms with Gasteiger partial charge in [0.15, 0.2) is 0 Å². The molecule has 2 rings (SSSR count). The molecule has 0 saturated carbocycles. The quantitative estimate of drug-likeness (QED) is 0.899. The Balaban J connectivity index is 1.91. The average Bonchev–Trinajstić information content (AvgIpc) is 2.53. The van der Waals surface area contributed by atoms with Crippen molar-refractivity contribution in [1.82, 2.24) is 5.32 Å². The van der Waals surface area contributed by atoms with Crippen LogP contribution in [0, 0.1) is 6.92 Å². The number of hydrogen-bond donors (Lipinski definition) is 2. The molecule has 0 fully saturated rings. The van der Waals surface area contributed by atoms with Crippen LogP contribution < -0.4 is 10.6 Å². The molecular formula is C17H15F3N2O2. The van der Waals surface area contributed by atoms with Crippen LogP contribution in [0.3, 0.4) is 0 Å². The molecule has 2 N–H and O–H groups in total. The van der Waals surface area contributed by atoms with Crippen LogP contribution in [0.1, 0.15) is 21.5 Å². The SMILES string of the molecule is Cc1ccc(C(=O)NCc2ccc(NC(=O)C(F)(F)F)cc2)cc1.